The molecule has 0 spiro atoms. The fraction of sp³-hybridized carbons (Fsp3) is 0.333. The van der Waals surface area contributed by atoms with Gasteiger partial charge in [-0.1, -0.05) is 29.5 Å². The highest BCUT2D eigenvalue weighted by atomic mass is 32.1. The zero-order valence-electron chi connectivity index (χ0n) is 16.0. The van der Waals surface area contributed by atoms with E-state index in [9.17, 15) is 4.79 Å². The molecule has 1 saturated heterocycles. The summed E-state index contributed by atoms with van der Waals surface area (Å²) in [4.78, 5) is 19.7. The van der Waals surface area contributed by atoms with Crippen LogP contribution in [0.4, 0.5) is 5.13 Å². The lowest BCUT2D eigenvalue weighted by Crippen LogP contribution is -2.43. The number of pyridine rings is 1. The smallest absolute Gasteiger partial charge is 0.224 e. The van der Waals surface area contributed by atoms with E-state index in [2.05, 4.69) is 26.5 Å². The number of rotatable bonds is 5. The van der Waals surface area contributed by atoms with Gasteiger partial charge in [0.15, 0.2) is 10.8 Å². The summed E-state index contributed by atoms with van der Waals surface area (Å²) in [5, 5.41) is 12.5. The summed E-state index contributed by atoms with van der Waals surface area (Å²) >= 11 is 1.70. The van der Waals surface area contributed by atoms with Gasteiger partial charge in [-0.3, -0.25) is 9.20 Å². The van der Waals surface area contributed by atoms with Gasteiger partial charge in [-0.05, 0) is 37.1 Å². The van der Waals surface area contributed by atoms with Crippen LogP contribution in [0.1, 0.15) is 18.7 Å². The monoisotopic (exact) mass is 406 g/mol. The number of hydrogen-bond donors (Lipinski definition) is 1. The molecule has 7 nitrogen and oxygen atoms in total. The summed E-state index contributed by atoms with van der Waals surface area (Å²) in [7, 11) is 0. The molecule has 8 heteroatoms. The van der Waals surface area contributed by atoms with E-state index < -0.39 is 0 Å². The first-order chi connectivity index (χ1) is 14.3. The lowest BCUT2D eigenvalue weighted by atomic mass is 9.97. The third-order valence-corrected chi connectivity index (χ3v) is 6.47. The van der Waals surface area contributed by atoms with Gasteiger partial charge in [0.05, 0.1) is 16.1 Å². The van der Waals surface area contributed by atoms with Crippen LogP contribution in [0.3, 0.4) is 0 Å². The van der Waals surface area contributed by atoms with Crippen LogP contribution in [0, 0.1) is 5.92 Å². The SMILES string of the molecule is O=C(NCCc1nnc2ccccn12)C1CCCN(c2nc3ccccc3s2)C1. The lowest BCUT2D eigenvalue weighted by molar-refractivity contribution is -0.125. The van der Waals surface area contributed by atoms with E-state index in [0.717, 1.165) is 48.1 Å². The number of carbonyl (C=O) groups is 1. The molecule has 5 rings (SSSR count). The van der Waals surface area contributed by atoms with E-state index in [1.165, 1.54) is 4.70 Å². The number of fused-ring (bicyclic) bond motifs is 2. The fourth-order valence-electron chi connectivity index (χ4n) is 3.86. The number of aromatic nitrogens is 4. The Balaban J connectivity index is 1.19. The normalized spacial score (nSPS) is 17.1. The lowest BCUT2D eigenvalue weighted by Gasteiger charge is -2.31. The summed E-state index contributed by atoms with van der Waals surface area (Å²) in [5.74, 6) is 0.969. The van der Waals surface area contributed by atoms with Crippen LogP contribution in [0.25, 0.3) is 15.9 Å². The minimum Gasteiger partial charge on any atom is -0.355 e. The number of nitrogens with zero attached hydrogens (tertiary/aromatic N) is 5. The molecule has 1 fully saturated rings. The number of para-hydroxylation sites is 1. The number of thiazole rings is 1. The van der Waals surface area contributed by atoms with Gasteiger partial charge in [0.2, 0.25) is 5.91 Å². The minimum atomic E-state index is -0.00842. The summed E-state index contributed by atoms with van der Waals surface area (Å²) in [6, 6.07) is 14.0. The number of hydrogen-bond acceptors (Lipinski definition) is 6. The summed E-state index contributed by atoms with van der Waals surface area (Å²) in [6.45, 7) is 2.24. The highest BCUT2D eigenvalue weighted by Crippen LogP contribution is 2.31. The maximum Gasteiger partial charge on any atom is 0.224 e. The topological polar surface area (TPSA) is 75.4 Å². The minimum absolute atomic E-state index is 0.00842. The molecule has 1 aromatic carbocycles. The Labute approximate surface area is 172 Å². The van der Waals surface area contributed by atoms with Gasteiger partial charge < -0.3 is 10.2 Å². The van der Waals surface area contributed by atoms with Crippen molar-refractivity contribution in [2.45, 2.75) is 19.3 Å². The molecule has 1 unspecified atom stereocenters. The van der Waals surface area contributed by atoms with E-state index in [1.807, 2.05) is 47.0 Å². The van der Waals surface area contributed by atoms with E-state index >= 15 is 0 Å². The molecule has 1 atom stereocenters. The van der Waals surface area contributed by atoms with Crippen molar-refractivity contribution in [1.82, 2.24) is 24.9 Å². The van der Waals surface area contributed by atoms with Crippen molar-refractivity contribution >= 4 is 38.2 Å². The Morgan fingerprint density at radius 1 is 1.17 bits per heavy atom. The molecule has 1 amide bonds. The van der Waals surface area contributed by atoms with Gasteiger partial charge in [-0.25, -0.2) is 4.98 Å². The largest absolute Gasteiger partial charge is 0.355 e. The number of amides is 1. The zero-order chi connectivity index (χ0) is 19.6. The van der Waals surface area contributed by atoms with E-state index in [0.29, 0.717) is 13.0 Å². The van der Waals surface area contributed by atoms with Crippen molar-refractivity contribution in [3.8, 4) is 0 Å². The first-order valence-corrected chi connectivity index (χ1v) is 10.8. The third-order valence-electron chi connectivity index (χ3n) is 5.38. The Morgan fingerprint density at radius 3 is 3.00 bits per heavy atom. The summed E-state index contributed by atoms with van der Waals surface area (Å²) in [5.41, 5.74) is 1.85. The van der Waals surface area contributed by atoms with Crippen molar-refractivity contribution in [1.29, 1.82) is 0 Å². The van der Waals surface area contributed by atoms with Crippen molar-refractivity contribution in [2.75, 3.05) is 24.5 Å². The van der Waals surface area contributed by atoms with Gasteiger partial charge in [0.25, 0.3) is 0 Å². The van der Waals surface area contributed by atoms with Crippen LogP contribution in [-0.4, -0.2) is 45.1 Å². The number of carbonyl (C=O) groups excluding carboxylic acids is 1. The van der Waals surface area contributed by atoms with Crippen LogP contribution >= 0.6 is 11.3 Å². The Morgan fingerprint density at radius 2 is 2.07 bits per heavy atom. The molecule has 4 aromatic rings. The molecule has 4 heterocycles. The quantitative estimate of drug-likeness (QED) is 0.552. The van der Waals surface area contributed by atoms with E-state index in [4.69, 9.17) is 4.98 Å². The zero-order valence-corrected chi connectivity index (χ0v) is 16.8. The van der Waals surface area contributed by atoms with E-state index in [-0.39, 0.29) is 11.8 Å². The highest BCUT2D eigenvalue weighted by molar-refractivity contribution is 7.22. The van der Waals surface area contributed by atoms with Crippen molar-refractivity contribution in [3.63, 3.8) is 0 Å². The second kappa shape index (κ2) is 7.79. The van der Waals surface area contributed by atoms with Gasteiger partial charge in [0, 0.05) is 32.3 Å². The maximum absolute atomic E-state index is 12.7. The van der Waals surface area contributed by atoms with Crippen molar-refractivity contribution in [2.24, 2.45) is 5.92 Å². The Kier molecular flexibility index (Phi) is 4.85. The molecule has 148 valence electrons. The second-order valence-corrected chi connectivity index (χ2v) is 8.34. The van der Waals surface area contributed by atoms with Crippen LogP contribution in [-0.2, 0) is 11.2 Å². The van der Waals surface area contributed by atoms with Crippen LogP contribution in [0.2, 0.25) is 0 Å². The molecular weight excluding hydrogens is 384 g/mol. The first-order valence-electron chi connectivity index (χ1n) is 9.95. The van der Waals surface area contributed by atoms with Gasteiger partial charge >= 0.3 is 0 Å². The van der Waals surface area contributed by atoms with Crippen molar-refractivity contribution in [3.05, 3.63) is 54.5 Å². The highest BCUT2D eigenvalue weighted by Gasteiger charge is 2.27. The summed E-state index contributed by atoms with van der Waals surface area (Å²) < 4.78 is 3.15. The predicted octanol–water partition coefficient (Wildman–Crippen LogP) is 2.91. The molecule has 1 aliphatic rings. The Hall–Kier alpha value is -3.00. The van der Waals surface area contributed by atoms with Crippen LogP contribution < -0.4 is 10.2 Å². The van der Waals surface area contributed by atoms with Crippen LogP contribution in [0.5, 0.6) is 0 Å². The number of nitrogens with one attached hydrogen (secondary N) is 1. The molecule has 0 bridgehead atoms. The average molecular weight is 407 g/mol. The third kappa shape index (κ3) is 3.67. The second-order valence-electron chi connectivity index (χ2n) is 7.34. The molecule has 3 aromatic heterocycles. The van der Waals surface area contributed by atoms with E-state index in [1.54, 1.807) is 11.3 Å². The standard InChI is InChI=1S/C21H22N6OS/c28-20(22-11-10-19-25-24-18-9-3-4-13-27(18)19)15-6-5-12-26(14-15)21-23-16-7-1-2-8-17(16)29-21/h1-4,7-9,13,15H,5-6,10-12,14H2,(H,22,28). The number of piperidine rings is 1. The molecule has 0 aliphatic carbocycles. The predicted molar refractivity (Wildman–Crippen MR) is 114 cm³/mol. The number of benzene rings is 1. The molecule has 0 saturated carbocycles. The fourth-order valence-corrected chi connectivity index (χ4v) is 4.86. The molecular formula is C21H22N6OS. The molecule has 1 N–H and O–H groups in total. The molecule has 29 heavy (non-hydrogen) atoms. The Bertz CT molecular complexity index is 1120. The number of anilines is 1. The van der Waals surface area contributed by atoms with Crippen molar-refractivity contribution < 1.29 is 4.79 Å². The summed E-state index contributed by atoms with van der Waals surface area (Å²) in [6.07, 6.45) is 4.53. The maximum atomic E-state index is 12.7. The average Bonchev–Trinajstić information content (AvgIpc) is 3.38. The van der Waals surface area contributed by atoms with Gasteiger partial charge in [0.1, 0.15) is 5.82 Å². The first kappa shape index (κ1) is 18.1. The van der Waals surface area contributed by atoms with Gasteiger partial charge in [-0.2, -0.15) is 0 Å². The van der Waals surface area contributed by atoms with Crippen LogP contribution in [0.15, 0.2) is 48.7 Å². The molecule has 1 aliphatic heterocycles. The molecule has 0 radical (unpaired) electrons. The van der Waals surface area contributed by atoms with Gasteiger partial charge in [-0.15, -0.1) is 10.2 Å².